The number of benzene rings is 1. The maximum atomic E-state index is 12.9. The standard InChI is InChI=1S/C20H27NOS2/c22-19(21-11-10-15-4-1-2-5-18(15)14-21)16-6-8-17(9-7-16)20-23-12-3-13-24-20/h6-9,15,18,20H,1-5,10-14H2/t15-,18-/m1/s1. The van der Waals surface area contributed by atoms with Crippen molar-refractivity contribution < 1.29 is 4.79 Å². The fourth-order valence-electron chi connectivity index (χ4n) is 4.43. The molecule has 3 fully saturated rings. The normalized spacial score (nSPS) is 28.4. The van der Waals surface area contributed by atoms with Gasteiger partial charge in [0.05, 0.1) is 4.58 Å². The number of hydrogen-bond acceptors (Lipinski definition) is 3. The van der Waals surface area contributed by atoms with E-state index in [1.807, 2.05) is 23.5 Å². The molecule has 3 aliphatic rings. The first-order valence-corrected chi connectivity index (χ1v) is 11.5. The Hall–Kier alpha value is -0.610. The second-order valence-electron chi connectivity index (χ2n) is 7.39. The lowest BCUT2D eigenvalue weighted by atomic mass is 9.75. The lowest BCUT2D eigenvalue weighted by Gasteiger charge is -2.41. The zero-order chi connectivity index (χ0) is 16.4. The maximum Gasteiger partial charge on any atom is 0.253 e. The molecule has 1 aromatic carbocycles. The van der Waals surface area contributed by atoms with E-state index in [4.69, 9.17) is 0 Å². The Bertz CT molecular complexity index is 568. The molecular weight excluding hydrogens is 334 g/mol. The van der Waals surface area contributed by atoms with Gasteiger partial charge in [-0.1, -0.05) is 31.4 Å². The van der Waals surface area contributed by atoms with Crippen molar-refractivity contribution in [3.63, 3.8) is 0 Å². The number of carbonyl (C=O) groups is 1. The Morgan fingerprint density at radius 3 is 2.38 bits per heavy atom. The van der Waals surface area contributed by atoms with Crippen LogP contribution in [-0.4, -0.2) is 35.4 Å². The summed E-state index contributed by atoms with van der Waals surface area (Å²) < 4.78 is 0.556. The molecule has 0 radical (unpaired) electrons. The van der Waals surface area contributed by atoms with Gasteiger partial charge in [0, 0.05) is 18.7 Å². The molecule has 2 nitrogen and oxygen atoms in total. The third-order valence-electron chi connectivity index (χ3n) is 5.84. The molecule has 1 amide bonds. The minimum absolute atomic E-state index is 0.245. The molecule has 0 bridgehead atoms. The van der Waals surface area contributed by atoms with Crippen LogP contribution in [0.3, 0.4) is 0 Å². The van der Waals surface area contributed by atoms with Crippen LogP contribution in [0.4, 0.5) is 0 Å². The van der Waals surface area contributed by atoms with Gasteiger partial charge in [0.25, 0.3) is 5.91 Å². The average Bonchev–Trinajstić information content (AvgIpc) is 2.68. The number of thioether (sulfide) groups is 2. The first-order chi connectivity index (χ1) is 11.8. The van der Waals surface area contributed by atoms with Crippen molar-refractivity contribution in [2.24, 2.45) is 11.8 Å². The summed E-state index contributed by atoms with van der Waals surface area (Å²) in [6, 6.07) is 8.47. The lowest BCUT2D eigenvalue weighted by molar-refractivity contribution is 0.0521. The van der Waals surface area contributed by atoms with Crippen molar-refractivity contribution in [3.8, 4) is 0 Å². The molecule has 2 atom stereocenters. The predicted octanol–water partition coefficient (Wildman–Crippen LogP) is 5.21. The second kappa shape index (κ2) is 7.74. The Morgan fingerprint density at radius 1 is 0.917 bits per heavy atom. The van der Waals surface area contributed by atoms with Gasteiger partial charge in [0.1, 0.15) is 0 Å². The highest BCUT2D eigenvalue weighted by atomic mass is 32.2. The van der Waals surface area contributed by atoms with Crippen LogP contribution in [0, 0.1) is 11.8 Å². The van der Waals surface area contributed by atoms with Crippen molar-refractivity contribution in [1.82, 2.24) is 4.90 Å². The van der Waals surface area contributed by atoms with Gasteiger partial charge in [-0.3, -0.25) is 4.79 Å². The number of hydrogen-bond donors (Lipinski definition) is 0. The molecule has 4 rings (SSSR count). The van der Waals surface area contributed by atoms with E-state index in [1.165, 1.54) is 55.6 Å². The Morgan fingerprint density at radius 2 is 1.62 bits per heavy atom. The molecule has 2 saturated heterocycles. The Labute approximate surface area is 154 Å². The van der Waals surface area contributed by atoms with Crippen LogP contribution in [0.1, 0.15) is 59.0 Å². The highest BCUT2D eigenvalue weighted by molar-refractivity contribution is 8.16. The van der Waals surface area contributed by atoms with Crippen molar-refractivity contribution in [2.45, 2.75) is 43.1 Å². The average molecular weight is 362 g/mol. The number of nitrogens with zero attached hydrogens (tertiary/aromatic N) is 1. The molecule has 2 aliphatic heterocycles. The molecule has 0 N–H and O–H groups in total. The quantitative estimate of drug-likeness (QED) is 0.721. The van der Waals surface area contributed by atoms with Crippen molar-refractivity contribution >= 4 is 29.4 Å². The summed E-state index contributed by atoms with van der Waals surface area (Å²) in [6.07, 6.45) is 7.99. The molecule has 1 aromatic rings. The predicted molar refractivity (Wildman–Crippen MR) is 105 cm³/mol. The molecule has 1 saturated carbocycles. The summed E-state index contributed by atoms with van der Waals surface area (Å²) in [5.74, 6) is 4.40. The van der Waals surface area contributed by atoms with Crippen LogP contribution in [-0.2, 0) is 0 Å². The van der Waals surface area contributed by atoms with E-state index in [-0.39, 0.29) is 5.91 Å². The monoisotopic (exact) mass is 361 g/mol. The Balaban J connectivity index is 1.40. The van der Waals surface area contributed by atoms with Crippen molar-refractivity contribution in [1.29, 1.82) is 0 Å². The van der Waals surface area contributed by atoms with Gasteiger partial charge in [0.2, 0.25) is 0 Å². The molecular formula is C20H27NOS2. The molecule has 2 heterocycles. The van der Waals surface area contributed by atoms with Crippen LogP contribution in [0.2, 0.25) is 0 Å². The van der Waals surface area contributed by atoms with Gasteiger partial charge in [-0.05, 0) is 60.3 Å². The van der Waals surface area contributed by atoms with E-state index in [0.717, 1.165) is 30.5 Å². The Kier molecular flexibility index (Phi) is 5.43. The second-order valence-corrected chi connectivity index (χ2v) is 10.1. The largest absolute Gasteiger partial charge is 0.338 e. The molecule has 0 spiro atoms. The lowest BCUT2D eigenvalue weighted by Crippen LogP contribution is -2.44. The zero-order valence-corrected chi connectivity index (χ0v) is 15.9. The van der Waals surface area contributed by atoms with Crippen molar-refractivity contribution in [3.05, 3.63) is 35.4 Å². The first-order valence-electron chi connectivity index (χ1n) is 9.44. The topological polar surface area (TPSA) is 20.3 Å². The molecule has 4 heteroatoms. The van der Waals surface area contributed by atoms with E-state index in [0.29, 0.717) is 4.58 Å². The number of amides is 1. The third kappa shape index (κ3) is 3.65. The van der Waals surface area contributed by atoms with Crippen LogP contribution < -0.4 is 0 Å². The van der Waals surface area contributed by atoms with E-state index in [2.05, 4.69) is 29.2 Å². The van der Waals surface area contributed by atoms with E-state index < -0.39 is 0 Å². The maximum absolute atomic E-state index is 12.9. The SMILES string of the molecule is O=C(c1ccc(C2SCCCS2)cc1)N1CC[C@H]2CCCC[C@@H]2C1. The van der Waals surface area contributed by atoms with Gasteiger partial charge in [0.15, 0.2) is 0 Å². The number of piperidine rings is 1. The smallest absolute Gasteiger partial charge is 0.253 e. The van der Waals surface area contributed by atoms with Gasteiger partial charge < -0.3 is 4.90 Å². The highest BCUT2D eigenvalue weighted by Crippen LogP contribution is 2.43. The summed E-state index contributed by atoms with van der Waals surface area (Å²) in [6.45, 7) is 1.94. The van der Waals surface area contributed by atoms with Crippen LogP contribution in [0.15, 0.2) is 24.3 Å². The number of fused-ring (bicyclic) bond motifs is 1. The summed E-state index contributed by atoms with van der Waals surface area (Å²) in [4.78, 5) is 15.0. The minimum atomic E-state index is 0.245. The summed E-state index contributed by atoms with van der Waals surface area (Å²) >= 11 is 4.08. The van der Waals surface area contributed by atoms with Crippen molar-refractivity contribution in [2.75, 3.05) is 24.6 Å². The van der Waals surface area contributed by atoms with E-state index in [9.17, 15) is 4.79 Å². The van der Waals surface area contributed by atoms with Gasteiger partial charge in [-0.15, -0.1) is 23.5 Å². The van der Waals surface area contributed by atoms with Gasteiger partial charge >= 0.3 is 0 Å². The van der Waals surface area contributed by atoms with Gasteiger partial charge in [-0.2, -0.15) is 0 Å². The van der Waals surface area contributed by atoms with Crippen LogP contribution in [0.5, 0.6) is 0 Å². The summed E-state index contributed by atoms with van der Waals surface area (Å²) in [5.41, 5.74) is 2.24. The minimum Gasteiger partial charge on any atom is -0.338 e. The fourth-order valence-corrected chi connectivity index (χ4v) is 7.33. The van der Waals surface area contributed by atoms with Crippen LogP contribution in [0.25, 0.3) is 0 Å². The summed E-state index contributed by atoms with van der Waals surface area (Å²) in [5, 5.41) is 0. The molecule has 1 aliphatic carbocycles. The number of likely N-dealkylation sites (tertiary alicyclic amines) is 1. The fraction of sp³-hybridized carbons (Fsp3) is 0.650. The van der Waals surface area contributed by atoms with E-state index in [1.54, 1.807) is 0 Å². The van der Waals surface area contributed by atoms with Crippen LogP contribution >= 0.6 is 23.5 Å². The summed E-state index contributed by atoms with van der Waals surface area (Å²) in [7, 11) is 0. The number of carbonyl (C=O) groups excluding carboxylic acids is 1. The van der Waals surface area contributed by atoms with Gasteiger partial charge in [-0.25, -0.2) is 0 Å². The third-order valence-corrected chi connectivity index (χ3v) is 8.85. The first kappa shape index (κ1) is 16.8. The zero-order valence-electron chi connectivity index (χ0n) is 14.3. The highest BCUT2D eigenvalue weighted by Gasteiger charge is 2.33. The molecule has 0 aromatic heterocycles. The van der Waals surface area contributed by atoms with E-state index >= 15 is 0 Å². The molecule has 130 valence electrons. The number of rotatable bonds is 2. The molecule has 0 unspecified atom stereocenters. The molecule has 24 heavy (non-hydrogen) atoms.